The summed E-state index contributed by atoms with van der Waals surface area (Å²) in [6.07, 6.45) is 0. The molecule has 2 amide bonds. The van der Waals surface area contributed by atoms with Crippen LogP contribution in [0.4, 0.5) is 0 Å². The number of carbonyl (C=O) groups is 2. The van der Waals surface area contributed by atoms with E-state index in [0.717, 1.165) is 18.7 Å². The van der Waals surface area contributed by atoms with Gasteiger partial charge in [0.05, 0.1) is 36.4 Å². The number of morpholine rings is 1. The molecule has 0 bridgehead atoms. The Balaban J connectivity index is 1.59. The number of benzene rings is 2. The van der Waals surface area contributed by atoms with E-state index in [1.54, 1.807) is 24.3 Å². The summed E-state index contributed by atoms with van der Waals surface area (Å²) in [5.74, 6) is -0.618. The normalized spacial score (nSPS) is 15.6. The first-order valence-corrected chi connectivity index (χ1v) is 9.68. The molecule has 2 aromatic carbocycles. The van der Waals surface area contributed by atoms with E-state index in [1.165, 1.54) is 0 Å². The van der Waals surface area contributed by atoms with Crippen LogP contribution in [0.1, 0.15) is 22.0 Å². The minimum atomic E-state index is -0.370. The fraction of sp³-hybridized carbons (Fsp3) is 0.333. The van der Waals surface area contributed by atoms with E-state index in [4.69, 9.17) is 16.3 Å². The minimum absolute atomic E-state index is 0.115. The molecule has 148 valence electrons. The van der Waals surface area contributed by atoms with Gasteiger partial charge in [-0.25, -0.2) is 0 Å². The summed E-state index contributed by atoms with van der Waals surface area (Å²) in [4.78, 5) is 27.0. The van der Waals surface area contributed by atoms with Gasteiger partial charge in [0, 0.05) is 19.6 Å². The molecule has 2 aromatic rings. The first-order chi connectivity index (χ1) is 13.6. The zero-order chi connectivity index (χ0) is 19.8. The molecule has 1 atom stereocenters. The number of rotatable bonds is 7. The van der Waals surface area contributed by atoms with E-state index in [-0.39, 0.29) is 24.4 Å². The van der Waals surface area contributed by atoms with Crippen molar-refractivity contribution in [2.75, 3.05) is 39.4 Å². The van der Waals surface area contributed by atoms with Gasteiger partial charge >= 0.3 is 0 Å². The van der Waals surface area contributed by atoms with Crippen LogP contribution in [0, 0.1) is 0 Å². The smallest absolute Gasteiger partial charge is 0.253 e. The lowest BCUT2D eigenvalue weighted by molar-refractivity contribution is -0.121. The molecule has 28 heavy (non-hydrogen) atoms. The van der Waals surface area contributed by atoms with Crippen molar-refractivity contribution in [3.63, 3.8) is 0 Å². The molecule has 1 aliphatic rings. The fourth-order valence-corrected chi connectivity index (χ4v) is 3.33. The van der Waals surface area contributed by atoms with E-state index >= 15 is 0 Å². The Bertz CT molecular complexity index is 794. The molecule has 1 saturated heterocycles. The molecular weight excluding hydrogens is 378 g/mol. The Morgan fingerprint density at radius 1 is 1.04 bits per heavy atom. The summed E-state index contributed by atoms with van der Waals surface area (Å²) in [6.45, 7) is 3.64. The molecule has 0 saturated carbocycles. The van der Waals surface area contributed by atoms with Crippen LogP contribution in [0.2, 0.25) is 5.02 Å². The van der Waals surface area contributed by atoms with Crippen molar-refractivity contribution in [2.24, 2.45) is 0 Å². The lowest BCUT2D eigenvalue weighted by atomic mass is 10.1. The van der Waals surface area contributed by atoms with Crippen molar-refractivity contribution in [1.82, 2.24) is 15.5 Å². The highest BCUT2D eigenvalue weighted by molar-refractivity contribution is 6.33. The van der Waals surface area contributed by atoms with Crippen molar-refractivity contribution < 1.29 is 14.3 Å². The summed E-state index contributed by atoms with van der Waals surface area (Å²) in [6, 6.07) is 16.4. The highest BCUT2D eigenvalue weighted by atomic mass is 35.5. The second-order valence-corrected chi connectivity index (χ2v) is 7.01. The van der Waals surface area contributed by atoms with Gasteiger partial charge in [-0.2, -0.15) is 0 Å². The number of amides is 2. The van der Waals surface area contributed by atoms with E-state index < -0.39 is 0 Å². The number of ether oxygens (including phenoxy) is 1. The molecular formula is C21H24ClN3O3. The number of nitrogens with one attached hydrogen (secondary N) is 2. The van der Waals surface area contributed by atoms with Crippen molar-refractivity contribution in [3.8, 4) is 0 Å². The third kappa shape index (κ3) is 5.79. The van der Waals surface area contributed by atoms with Crippen molar-refractivity contribution in [3.05, 3.63) is 70.7 Å². The molecule has 3 rings (SSSR count). The van der Waals surface area contributed by atoms with Crippen LogP contribution in [-0.4, -0.2) is 56.1 Å². The topological polar surface area (TPSA) is 70.7 Å². The second-order valence-electron chi connectivity index (χ2n) is 6.61. The number of hydrogen-bond acceptors (Lipinski definition) is 4. The maximum atomic E-state index is 12.5. The van der Waals surface area contributed by atoms with Crippen LogP contribution >= 0.6 is 11.6 Å². The monoisotopic (exact) mass is 401 g/mol. The minimum Gasteiger partial charge on any atom is -0.379 e. The molecule has 0 radical (unpaired) electrons. The molecule has 0 aliphatic carbocycles. The lowest BCUT2D eigenvalue weighted by Gasteiger charge is -2.31. The van der Waals surface area contributed by atoms with Crippen LogP contribution in [0.15, 0.2) is 54.6 Å². The van der Waals surface area contributed by atoms with Gasteiger partial charge in [0.1, 0.15) is 0 Å². The average Bonchev–Trinajstić information content (AvgIpc) is 2.73. The predicted octanol–water partition coefficient (Wildman–Crippen LogP) is 2.26. The van der Waals surface area contributed by atoms with E-state index in [2.05, 4.69) is 15.5 Å². The van der Waals surface area contributed by atoms with Gasteiger partial charge in [0.25, 0.3) is 5.91 Å². The van der Waals surface area contributed by atoms with E-state index in [1.807, 2.05) is 30.3 Å². The summed E-state index contributed by atoms with van der Waals surface area (Å²) >= 11 is 6.03. The highest BCUT2D eigenvalue weighted by Gasteiger charge is 2.20. The molecule has 1 fully saturated rings. The zero-order valence-electron chi connectivity index (χ0n) is 15.6. The van der Waals surface area contributed by atoms with Gasteiger partial charge in [-0.15, -0.1) is 0 Å². The summed E-state index contributed by atoms with van der Waals surface area (Å²) in [5.41, 5.74) is 1.38. The number of hydrogen-bond donors (Lipinski definition) is 2. The Morgan fingerprint density at radius 2 is 1.71 bits per heavy atom. The van der Waals surface area contributed by atoms with Gasteiger partial charge in [-0.05, 0) is 17.7 Å². The van der Waals surface area contributed by atoms with Crippen molar-refractivity contribution >= 4 is 23.4 Å². The van der Waals surface area contributed by atoms with Crippen LogP contribution in [0.3, 0.4) is 0 Å². The van der Waals surface area contributed by atoms with Crippen LogP contribution < -0.4 is 10.6 Å². The van der Waals surface area contributed by atoms with Gasteiger partial charge < -0.3 is 15.4 Å². The third-order valence-corrected chi connectivity index (χ3v) is 4.94. The van der Waals surface area contributed by atoms with Gasteiger partial charge in [0.15, 0.2) is 0 Å². The molecule has 0 spiro atoms. The third-order valence-electron chi connectivity index (χ3n) is 4.61. The van der Waals surface area contributed by atoms with Gasteiger partial charge in [-0.1, -0.05) is 54.1 Å². The zero-order valence-corrected chi connectivity index (χ0v) is 16.3. The van der Waals surface area contributed by atoms with Crippen molar-refractivity contribution in [1.29, 1.82) is 0 Å². The second kappa shape index (κ2) is 10.2. The summed E-state index contributed by atoms with van der Waals surface area (Å²) in [5, 5.41) is 6.02. The van der Waals surface area contributed by atoms with Gasteiger partial charge in [0.2, 0.25) is 5.91 Å². The molecule has 0 aromatic heterocycles. The average molecular weight is 402 g/mol. The van der Waals surface area contributed by atoms with Crippen LogP contribution in [-0.2, 0) is 9.53 Å². The first-order valence-electron chi connectivity index (χ1n) is 9.30. The van der Waals surface area contributed by atoms with Gasteiger partial charge in [-0.3, -0.25) is 14.5 Å². The summed E-state index contributed by atoms with van der Waals surface area (Å²) < 4.78 is 5.40. The molecule has 7 heteroatoms. The molecule has 0 unspecified atom stereocenters. The first kappa shape index (κ1) is 20.3. The lowest BCUT2D eigenvalue weighted by Crippen LogP contribution is -2.45. The highest BCUT2D eigenvalue weighted by Crippen LogP contribution is 2.16. The van der Waals surface area contributed by atoms with E-state index in [0.29, 0.717) is 30.3 Å². The number of carbonyl (C=O) groups excluding carboxylic acids is 2. The summed E-state index contributed by atoms with van der Waals surface area (Å²) in [7, 11) is 0. The Morgan fingerprint density at radius 3 is 2.43 bits per heavy atom. The number of halogens is 1. The Labute approximate surface area is 169 Å². The fourth-order valence-electron chi connectivity index (χ4n) is 3.11. The molecule has 6 nitrogen and oxygen atoms in total. The Kier molecular flexibility index (Phi) is 7.42. The Hall–Kier alpha value is -2.41. The maximum absolute atomic E-state index is 12.5. The molecule has 1 heterocycles. The number of nitrogens with zero attached hydrogens (tertiary/aromatic N) is 1. The van der Waals surface area contributed by atoms with Crippen LogP contribution in [0.5, 0.6) is 0 Å². The quantitative estimate of drug-likeness (QED) is 0.746. The van der Waals surface area contributed by atoms with E-state index in [9.17, 15) is 9.59 Å². The predicted molar refractivity (Wildman–Crippen MR) is 108 cm³/mol. The SMILES string of the molecule is O=C(CNC(=O)c1ccccc1Cl)N[C@@H](CN1CCOCC1)c1ccccc1. The standard InChI is InChI=1S/C21H24ClN3O3/c22-18-9-5-4-8-17(18)21(27)23-14-20(26)24-19(16-6-2-1-3-7-16)15-25-10-12-28-13-11-25/h1-9,19H,10-15H2,(H,23,27)(H,24,26)/t19-/m0/s1. The molecule has 2 N–H and O–H groups in total. The maximum Gasteiger partial charge on any atom is 0.253 e. The largest absolute Gasteiger partial charge is 0.379 e. The van der Waals surface area contributed by atoms with Crippen molar-refractivity contribution in [2.45, 2.75) is 6.04 Å². The molecule has 1 aliphatic heterocycles. The van der Waals surface area contributed by atoms with Crippen LogP contribution in [0.25, 0.3) is 0 Å².